The Labute approximate surface area is 140 Å². The van der Waals surface area contributed by atoms with Gasteiger partial charge in [-0.25, -0.2) is 4.68 Å². The lowest BCUT2D eigenvalue weighted by atomic mass is 10.2. The molecule has 2 aromatic rings. The number of non-ortho nitro benzene ring substituents is 1. The summed E-state index contributed by atoms with van der Waals surface area (Å²) in [7, 11) is 0. The summed E-state index contributed by atoms with van der Waals surface area (Å²) in [5.41, 5.74) is 0.273. The predicted octanol–water partition coefficient (Wildman–Crippen LogP) is 2.97. The van der Waals surface area contributed by atoms with Gasteiger partial charge in [0.05, 0.1) is 22.4 Å². The van der Waals surface area contributed by atoms with Crippen LogP contribution >= 0.6 is 0 Å². The summed E-state index contributed by atoms with van der Waals surface area (Å²) in [5, 5.41) is 14.5. The normalized spacial score (nSPS) is 11.2. The van der Waals surface area contributed by atoms with Crippen LogP contribution in [0.2, 0.25) is 0 Å². The van der Waals surface area contributed by atoms with E-state index in [1.54, 1.807) is 0 Å². The first-order valence-corrected chi connectivity index (χ1v) is 6.97. The number of nitrogens with zero attached hydrogens (tertiary/aromatic N) is 4. The lowest BCUT2D eigenvalue weighted by Crippen LogP contribution is -2.38. The van der Waals surface area contributed by atoms with Gasteiger partial charge < -0.3 is 4.90 Å². The van der Waals surface area contributed by atoms with Crippen LogP contribution in [0.15, 0.2) is 49.3 Å². The zero-order chi connectivity index (χ0) is 18.6. The van der Waals surface area contributed by atoms with Gasteiger partial charge >= 0.3 is 6.18 Å². The predicted molar refractivity (Wildman–Crippen MR) is 82.4 cm³/mol. The zero-order valence-corrected chi connectivity index (χ0v) is 12.8. The third kappa shape index (κ3) is 4.66. The molecule has 0 unspecified atom stereocenters. The number of amides is 1. The van der Waals surface area contributed by atoms with Crippen LogP contribution in [0, 0.1) is 10.1 Å². The number of carbonyl (C=O) groups excluding carboxylic acids is 1. The van der Waals surface area contributed by atoms with Gasteiger partial charge in [-0.3, -0.25) is 14.9 Å². The highest BCUT2D eigenvalue weighted by molar-refractivity contribution is 5.94. The lowest BCUT2D eigenvalue weighted by Gasteiger charge is -2.21. The number of nitro groups is 1. The third-order valence-corrected chi connectivity index (χ3v) is 3.16. The first-order valence-electron chi connectivity index (χ1n) is 6.97. The molecule has 0 fully saturated rings. The maximum absolute atomic E-state index is 12.6. The average Bonchev–Trinajstić information content (AvgIpc) is 3.02. The van der Waals surface area contributed by atoms with E-state index in [4.69, 9.17) is 0 Å². The van der Waals surface area contributed by atoms with Crippen molar-refractivity contribution in [2.24, 2.45) is 0 Å². The van der Waals surface area contributed by atoms with E-state index in [0.717, 1.165) is 6.20 Å². The molecule has 0 atom stereocenters. The minimum absolute atomic E-state index is 0.0375. The van der Waals surface area contributed by atoms with Crippen LogP contribution in [0.3, 0.4) is 0 Å². The Hall–Kier alpha value is -3.17. The van der Waals surface area contributed by atoms with E-state index in [0.29, 0.717) is 10.6 Å². The summed E-state index contributed by atoms with van der Waals surface area (Å²) in [4.78, 5) is 22.9. The van der Waals surface area contributed by atoms with Crippen LogP contribution in [-0.2, 0) is 0 Å². The Kier molecular flexibility index (Phi) is 5.20. The van der Waals surface area contributed by atoms with Crippen molar-refractivity contribution in [2.75, 3.05) is 13.1 Å². The first kappa shape index (κ1) is 18.2. The smallest absolute Gasteiger partial charge is 0.326 e. The van der Waals surface area contributed by atoms with Crippen molar-refractivity contribution in [1.82, 2.24) is 14.7 Å². The fourth-order valence-electron chi connectivity index (χ4n) is 2.08. The van der Waals surface area contributed by atoms with Crippen molar-refractivity contribution in [1.29, 1.82) is 0 Å². The quantitative estimate of drug-likeness (QED) is 0.454. The maximum Gasteiger partial charge on any atom is 0.406 e. The van der Waals surface area contributed by atoms with Crippen molar-refractivity contribution in [3.63, 3.8) is 0 Å². The molecule has 1 amide bonds. The Balaban J connectivity index is 2.22. The number of halogens is 3. The highest BCUT2D eigenvalue weighted by Crippen LogP contribution is 2.19. The summed E-state index contributed by atoms with van der Waals surface area (Å²) in [6.07, 6.45) is -0.941. The highest BCUT2D eigenvalue weighted by atomic mass is 19.4. The molecule has 132 valence electrons. The number of benzene rings is 1. The number of carbonyl (C=O) groups is 1. The van der Waals surface area contributed by atoms with Gasteiger partial charge in [-0.05, 0) is 12.1 Å². The summed E-state index contributed by atoms with van der Waals surface area (Å²) in [6.45, 7) is 1.68. The second-order valence-corrected chi connectivity index (χ2v) is 5.04. The van der Waals surface area contributed by atoms with Crippen LogP contribution in [0.4, 0.5) is 18.9 Å². The number of hydrogen-bond acceptors (Lipinski definition) is 4. The maximum atomic E-state index is 12.6. The summed E-state index contributed by atoms with van der Waals surface area (Å²) in [5.74, 6) is -0.842. The molecule has 0 spiro atoms. The lowest BCUT2D eigenvalue weighted by molar-refractivity contribution is -0.384. The molecule has 0 saturated carbocycles. The number of hydrogen-bond donors (Lipinski definition) is 0. The van der Waals surface area contributed by atoms with Crippen molar-refractivity contribution >= 4 is 11.6 Å². The molecule has 0 N–H and O–H groups in total. The molecule has 1 aromatic carbocycles. The average molecular weight is 354 g/mol. The van der Waals surface area contributed by atoms with Crippen LogP contribution in [0.1, 0.15) is 10.4 Å². The molecule has 0 saturated heterocycles. The van der Waals surface area contributed by atoms with E-state index in [9.17, 15) is 28.1 Å². The van der Waals surface area contributed by atoms with Gasteiger partial charge in [0, 0.05) is 24.9 Å². The molecule has 10 heteroatoms. The summed E-state index contributed by atoms with van der Waals surface area (Å²) < 4.78 is 39.0. The minimum Gasteiger partial charge on any atom is -0.326 e. The molecule has 0 aliphatic carbocycles. The van der Waals surface area contributed by atoms with Gasteiger partial charge in [0.1, 0.15) is 6.54 Å². The molecule has 1 aromatic heterocycles. The Morgan fingerprint density at radius 3 is 2.52 bits per heavy atom. The molecular weight excluding hydrogens is 341 g/mol. The van der Waals surface area contributed by atoms with E-state index in [1.165, 1.54) is 41.2 Å². The molecule has 2 rings (SSSR count). The SMILES string of the molecule is C=CCN(CC(F)(F)F)C(=O)c1cnn(-c2ccc([N+](=O)[O-])cc2)c1. The van der Waals surface area contributed by atoms with Crippen molar-refractivity contribution in [2.45, 2.75) is 6.18 Å². The molecule has 0 radical (unpaired) electrons. The minimum atomic E-state index is -4.53. The number of rotatable bonds is 6. The van der Waals surface area contributed by atoms with E-state index < -0.39 is 23.6 Å². The van der Waals surface area contributed by atoms with E-state index >= 15 is 0 Å². The Morgan fingerprint density at radius 1 is 1.36 bits per heavy atom. The van der Waals surface area contributed by atoms with E-state index in [2.05, 4.69) is 11.7 Å². The van der Waals surface area contributed by atoms with Gasteiger partial charge in [0.2, 0.25) is 0 Å². The van der Waals surface area contributed by atoms with Crippen LogP contribution in [0.5, 0.6) is 0 Å². The standard InChI is InChI=1S/C15H13F3N4O3/c1-2-7-20(10-15(16,17)18)14(23)11-8-19-21(9-11)12-3-5-13(6-4-12)22(24)25/h2-6,8-9H,1,7,10H2. The highest BCUT2D eigenvalue weighted by Gasteiger charge is 2.33. The van der Waals surface area contributed by atoms with Crippen LogP contribution < -0.4 is 0 Å². The van der Waals surface area contributed by atoms with Crippen LogP contribution in [0.25, 0.3) is 5.69 Å². The van der Waals surface area contributed by atoms with Gasteiger partial charge in [-0.2, -0.15) is 18.3 Å². The molecule has 1 heterocycles. The second-order valence-electron chi connectivity index (χ2n) is 5.04. The Morgan fingerprint density at radius 2 is 2.00 bits per heavy atom. The largest absolute Gasteiger partial charge is 0.406 e. The molecule has 0 aliphatic rings. The number of nitro benzene ring substituents is 1. The monoisotopic (exact) mass is 354 g/mol. The van der Waals surface area contributed by atoms with Gasteiger partial charge in [-0.1, -0.05) is 6.08 Å². The first-order chi connectivity index (χ1) is 11.7. The van der Waals surface area contributed by atoms with Crippen LogP contribution in [-0.4, -0.2) is 44.8 Å². The third-order valence-electron chi connectivity index (χ3n) is 3.16. The topological polar surface area (TPSA) is 81.3 Å². The fraction of sp³-hybridized carbons (Fsp3) is 0.200. The number of aromatic nitrogens is 2. The molecule has 0 bridgehead atoms. The summed E-state index contributed by atoms with van der Waals surface area (Å²) in [6, 6.07) is 5.34. The van der Waals surface area contributed by atoms with E-state index in [1.807, 2.05) is 0 Å². The van der Waals surface area contributed by atoms with Gasteiger partial charge in [0.15, 0.2) is 0 Å². The molecular formula is C15H13F3N4O3. The van der Waals surface area contributed by atoms with Crippen molar-refractivity contribution < 1.29 is 22.9 Å². The molecule has 7 nitrogen and oxygen atoms in total. The van der Waals surface area contributed by atoms with Gasteiger partial charge in [0.25, 0.3) is 11.6 Å². The van der Waals surface area contributed by atoms with E-state index in [-0.39, 0.29) is 17.8 Å². The van der Waals surface area contributed by atoms with Crippen molar-refractivity contribution in [3.8, 4) is 5.69 Å². The van der Waals surface area contributed by atoms with Gasteiger partial charge in [-0.15, -0.1) is 6.58 Å². The van der Waals surface area contributed by atoms with Crippen molar-refractivity contribution in [3.05, 3.63) is 65.0 Å². The second kappa shape index (κ2) is 7.16. The zero-order valence-electron chi connectivity index (χ0n) is 12.8. The summed E-state index contributed by atoms with van der Waals surface area (Å²) >= 11 is 0. The Bertz CT molecular complexity index is 784. The molecule has 25 heavy (non-hydrogen) atoms. The fourth-order valence-corrected chi connectivity index (χ4v) is 2.08. The molecule has 0 aliphatic heterocycles. The number of alkyl halides is 3.